The minimum Gasteiger partial charge on any atom is -0.0616 e. The van der Waals surface area contributed by atoms with Crippen LogP contribution in [0.3, 0.4) is 0 Å². The Morgan fingerprint density at radius 1 is 0.420 bits per heavy atom. The first-order chi connectivity index (χ1) is 44.8. The predicted molar refractivity (Wildman–Crippen MR) is 362 cm³/mol. The van der Waals surface area contributed by atoms with Gasteiger partial charge >= 0.3 is 332 Å². The number of fused-ring (bicyclic) bond motifs is 7. The van der Waals surface area contributed by atoms with E-state index in [1.165, 1.54) is 0 Å². The summed E-state index contributed by atoms with van der Waals surface area (Å²) < 4.78 is 57.1. The van der Waals surface area contributed by atoms with Gasteiger partial charge in [0.25, 0.3) is 0 Å². The van der Waals surface area contributed by atoms with Crippen molar-refractivity contribution < 1.29 is 30.9 Å². The Morgan fingerprint density at radius 2 is 0.955 bits per heavy atom. The van der Waals surface area contributed by atoms with Gasteiger partial charge < -0.3 is 4.90 Å². The van der Waals surface area contributed by atoms with Crippen LogP contribution in [0.25, 0.3) is 78.0 Å². The fraction of sp³-hybridized carbons (Fsp3) is 0.111. The first-order valence-electron chi connectivity index (χ1n) is 32.3. The van der Waals surface area contributed by atoms with Crippen LogP contribution in [-0.2, 0) is 30.2 Å². The van der Waals surface area contributed by atoms with Gasteiger partial charge in [0.2, 0.25) is 0 Å². The van der Waals surface area contributed by atoms with E-state index in [-0.39, 0.29) is 23.1 Å². The van der Waals surface area contributed by atoms with Crippen molar-refractivity contribution in [2.45, 2.75) is 59.3 Å². The number of hydrogen-bond donors (Lipinski definition) is 0. The Balaban J connectivity index is 1.02. The van der Waals surface area contributed by atoms with E-state index in [9.17, 15) is 0 Å². The van der Waals surface area contributed by atoms with E-state index < -0.39 is 23.5 Å². The standard InChI is InChI=1S/C81H67N5O.Pt/c1-55-48-78(82-53-69(55)58-32-16-10-17-33-58)86-73-47-46-59(80(2,3)4)49-67(73)65-38-20-22-42-71(65)85(60-34-18-11-19-35-60)72-43-23-21-39-66(72)68-51-70(81(5,6)7)77(52-76(68)86)87-62-37-26-36-61(50-62)83-54-84(75-45-25-24-44-74(75)83)79-63(56-28-12-8-13-29-56)40-27-41-64(79)57-30-14-9-15-31-57;/h8-53H,1-7H3;/i10D,16D,17D,32D,33D;. The Labute approximate surface area is 534 Å². The molecule has 0 atom stereocenters. The molecule has 0 N–H and O–H groups in total. The second-order valence-electron chi connectivity index (χ2n) is 24.4. The SMILES string of the molecule is [2H]c1c([2H])c([2H])c(-c2cnc(N3c4ccc(C(C)(C)C)cc4-c4ccccc4N(c4ccccc4)c4ccccc4-c4cc(C(C)(C)C)c(Oc5cccc(-n6[c](=[Pt])n(-c7c(-c8ccccc8)cccc7-c7ccccc7)c7ccccc76)c5)cc43)cc2C)c([2H])c1[2H]. The molecule has 3 heterocycles. The normalized spacial score (nSPS) is 13.1. The summed E-state index contributed by atoms with van der Waals surface area (Å²) in [5.74, 6) is 1.83. The molecule has 14 rings (SSSR count). The summed E-state index contributed by atoms with van der Waals surface area (Å²) in [4.78, 5) is 9.94. The molecule has 11 aromatic carbocycles. The molecule has 1 aliphatic rings. The number of imidazole rings is 1. The molecule has 7 heteroatoms. The monoisotopic (exact) mass is 1330 g/mol. The third-order valence-corrected chi connectivity index (χ3v) is 17.7. The quantitative estimate of drug-likeness (QED) is 0.144. The number of nitrogens with zero attached hydrogens (tertiary/aromatic N) is 5. The minimum atomic E-state index is -0.469. The van der Waals surface area contributed by atoms with E-state index in [0.717, 1.165) is 110 Å². The Bertz CT molecular complexity index is 5060. The number of pyridine rings is 1. The molecular formula is C81H67N5OPt. The molecule has 0 bridgehead atoms. The van der Waals surface area contributed by atoms with Crippen molar-refractivity contribution in [3.8, 4) is 78.5 Å². The first kappa shape index (κ1) is 50.3. The van der Waals surface area contributed by atoms with Gasteiger partial charge in [0.1, 0.15) is 0 Å². The number of aromatic nitrogens is 3. The van der Waals surface area contributed by atoms with Crippen molar-refractivity contribution in [3.05, 3.63) is 300 Å². The smallest absolute Gasteiger partial charge is 0.0616 e. The van der Waals surface area contributed by atoms with Gasteiger partial charge in [-0.15, -0.1) is 0 Å². The summed E-state index contributed by atoms with van der Waals surface area (Å²) in [6.45, 7) is 15.3. The van der Waals surface area contributed by atoms with E-state index in [0.29, 0.717) is 28.4 Å². The molecule has 0 saturated carbocycles. The van der Waals surface area contributed by atoms with Crippen LogP contribution >= 0.6 is 0 Å². The van der Waals surface area contributed by atoms with Gasteiger partial charge in [-0.25, -0.2) is 0 Å². The topological polar surface area (TPSA) is 38.5 Å². The van der Waals surface area contributed by atoms with E-state index in [2.05, 4.69) is 310 Å². The van der Waals surface area contributed by atoms with Gasteiger partial charge in [-0.1, -0.05) is 106 Å². The maximum absolute atomic E-state index is 9.07. The summed E-state index contributed by atoms with van der Waals surface area (Å²) in [5, 5.41) is 0. The second kappa shape index (κ2) is 22.8. The van der Waals surface area contributed by atoms with Crippen LogP contribution in [0.15, 0.2) is 279 Å². The number of aryl methyl sites for hydroxylation is 1. The summed E-state index contributed by atoms with van der Waals surface area (Å²) in [6, 6.07) is 83.9. The van der Waals surface area contributed by atoms with Crippen LogP contribution in [0.2, 0.25) is 0 Å². The summed E-state index contributed by atoms with van der Waals surface area (Å²) >= 11 is 2.50. The molecule has 88 heavy (non-hydrogen) atoms. The van der Waals surface area contributed by atoms with Crippen molar-refractivity contribution >= 4 is 45.3 Å². The molecule has 1 aliphatic heterocycles. The average molecular weight is 1330 g/mol. The molecule has 0 unspecified atom stereocenters. The van der Waals surface area contributed by atoms with E-state index >= 15 is 0 Å². The molecule has 432 valence electrons. The van der Waals surface area contributed by atoms with Crippen LogP contribution < -0.4 is 14.5 Å². The molecular weight excluding hydrogens is 1250 g/mol. The van der Waals surface area contributed by atoms with Gasteiger partial charge in [-0.05, 0) is 59.4 Å². The van der Waals surface area contributed by atoms with Crippen LogP contribution in [-0.4, -0.2) is 14.1 Å². The number of hydrogen-bond acceptors (Lipinski definition) is 4. The molecule has 0 fully saturated rings. The zero-order valence-corrected chi connectivity index (χ0v) is 52.4. The number of anilines is 6. The molecule has 0 amide bonds. The minimum absolute atomic E-state index is 0.0945. The summed E-state index contributed by atoms with van der Waals surface area (Å²) in [5.41, 5.74) is 19.5. The number of benzene rings is 11. The third-order valence-electron chi connectivity index (χ3n) is 16.7. The van der Waals surface area contributed by atoms with Crippen LogP contribution in [0.1, 0.15) is 65.1 Å². The average Bonchev–Trinajstić information content (AvgIpc) is 1.47. The second-order valence-corrected chi connectivity index (χ2v) is 25.4. The molecule has 0 radical (unpaired) electrons. The van der Waals surface area contributed by atoms with Gasteiger partial charge in [0.15, 0.2) is 0 Å². The van der Waals surface area contributed by atoms with Crippen LogP contribution in [0.5, 0.6) is 11.5 Å². The molecule has 0 aliphatic carbocycles. The molecule has 0 spiro atoms. The van der Waals surface area contributed by atoms with Crippen LogP contribution in [0, 0.1) is 10.7 Å². The van der Waals surface area contributed by atoms with Gasteiger partial charge in [-0.3, -0.25) is 0 Å². The van der Waals surface area contributed by atoms with E-state index in [1.54, 1.807) is 6.20 Å². The fourth-order valence-electron chi connectivity index (χ4n) is 12.4. The Hall–Kier alpha value is -9.87. The molecule has 6 nitrogen and oxygen atoms in total. The number of para-hydroxylation sites is 6. The number of ether oxygens (including phenoxy) is 1. The molecule has 0 saturated heterocycles. The van der Waals surface area contributed by atoms with Crippen molar-refractivity contribution in [1.29, 1.82) is 0 Å². The van der Waals surface area contributed by atoms with Crippen molar-refractivity contribution in [2.24, 2.45) is 0 Å². The number of rotatable bonds is 9. The van der Waals surface area contributed by atoms with Crippen molar-refractivity contribution in [3.63, 3.8) is 0 Å². The summed E-state index contributed by atoms with van der Waals surface area (Å²) in [6.07, 6.45) is 1.66. The van der Waals surface area contributed by atoms with Gasteiger partial charge in [0, 0.05) is 23.0 Å². The zero-order valence-electron chi connectivity index (χ0n) is 55.1. The Kier molecular flexibility index (Phi) is 13.0. The first-order valence-corrected chi connectivity index (χ1v) is 30.9. The van der Waals surface area contributed by atoms with Gasteiger partial charge in [-0.2, -0.15) is 0 Å². The van der Waals surface area contributed by atoms with Crippen molar-refractivity contribution in [1.82, 2.24) is 14.1 Å². The van der Waals surface area contributed by atoms with E-state index in [1.807, 2.05) is 19.1 Å². The van der Waals surface area contributed by atoms with Crippen molar-refractivity contribution in [2.75, 3.05) is 9.80 Å². The fourth-order valence-corrected chi connectivity index (χ4v) is 13.5. The Morgan fingerprint density at radius 3 is 1.57 bits per heavy atom. The van der Waals surface area contributed by atoms with E-state index in [4.69, 9.17) is 16.6 Å². The summed E-state index contributed by atoms with van der Waals surface area (Å²) in [7, 11) is 0. The van der Waals surface area contributed by atoms with Gasteiger partial charge in [0.05, 0.1) is 12.5 Å². The predicted octanol–water partition coefficient (Wildman–Crippen LogP) is 22.2. The van der Waals surface area contributed by atoms with Crippen LogP contribution in [0.4, 0.5) is 34.3 Å². The molecule has 13 aromatic rings. The third kappa shape index (κ3) is 10.2. The molecule has 2 aromatic heterocycles. The maximum atomic E-state index is 9.07. The zero-order chi connectivity index (χ0) is 64.6.